The van der Waals surface area contributed by atoms with Gasteiger partial charge in [-0.15, -0.1) is 0 Å². The molecule has 12 nitrogen and oxygen atoms in total. The summed E-state index contributed by atoms with van der Waals surface area (Å²) in [7, 11) is 0. The van der Waals surface area contributed by atoms with Crippen LogP contribution in [0.2, 0.25) is 0 Å². The van der Waals surface area contributed by atoms with Crippen molar-refractivity contribution in [3.05, 3.63) is 35.9 Å². The van der Waals surface area contributed by atoms with E-state index in [1.807, 2.05) is 6.92 Å². The zero-order chi connectivity index (χ0) is 28.0. The molecule has 5 atom stereocenters. The van der Waals surface area contributed by atoms with Gasteiger partial charge >= 0.3 is 11.9 Å². The molecule has 0 aromatic heterocycles. The van der Waals surface area contributed by atoms with Gasteiger partial charge in [-0.1, -0.05) is 50.6 Å². The maximum Gasteiger partial charge on any atom is 0.326 e. The highest BCUT2D eigenvalue weighted by Crippen LogP contribution is 2.09. The Morgan fingerprint density at radius 1 is 0.865 bits per heavy atom. The molecule has 206 valence electrons. The van der Waals surface area contributed by atoms with Crippen LogP contribution in [0.4, 0.5) is 0 Å². The van der Waals surface area contributed by atoms with Crippen LogP contribution in [0.1, 0.15) is 51.5 Å². The van der Waals surface area contributed by atoms with Gasteiger partial charge in [0, 0.05) is 6.42 Å². The maximum absolute atomic E-state index is 13.0. The van der Waals surface area contributed by atoms with E-state index in [1.54, 1.807) is 37.3 Å². The summed E-state index contributed by atoms with van der Waals surface area (Å²) >= 11 is 0. The van der Waals surface area contributed by atoms with Gasteiger partial charge in [-0.05, 0) is 37.3 Å². The predicted octanol–water partition coefficient (Wildman–Crippen LogP) is -0.255. The summed E-state index contributed by atoms with van der Waals surface area (Å²) in [5, 5.41) is 26.2. The third kappa shape index (κ3) is 11.4. The van der Waals surface area contributed by atoms with Crippen molar-refractivity contribution in [1.29, 1.82) is 0 Å². The lowest BCUT2D eigenvalue weighted by Gasteiger charge is -2.25. The Bertz CT molecular complexity index is 912. The Hall–Kier alpha value is -3.51. The van der Waals surface area contributed by atoms with E-state index in [2.05, 4.69) is 16.0 Å². The van der Waals surface area contributed by atoms with E-state index in [4.69, 9.17) is 11.5 Å². The number of carbonyl (C=O) groups is 5. The number of hydrogen-bond donors (Lipinski definition) is 7. The van der Waals surface area contributed by atoms with E-state index in [0.29, 0.717) is 31.4 Å². The number of carboxylic acid groups (broad SMARTS) is 2. The zero-order valence-electron chi connectivity index (χ0n) is 21.3. The first-order valence-electron chi connectivity index (χ1n) is 12.3. The molecule has 0 fully saturated rings. The largest absolute Gasteiger partial charge is 0.481 e. The molecule has 0 saturated heterocycles. The Kier molecular flexibility index (Phi) is 13.9. The van der Waals surface area contributed by atoms with E-state index in [-0.39, 0.29) is 18.8 Å². The third-order valence-corrected chi connectivity index (χ3v) is 6.05. The molecule has 12 heteroatoms. The lowest BCUT2D eigenvalue weighted by Crippen LogP contribution is -2.58. The molecule has 0 bridgehead atoms. The van der Waals surface area contributed by atoms with Crippen LogP contribution in [0.15, 0.2) is 30.3 Å². The summed E-state index contributed by atoms with van der Waals surface area (Å²) in [6.07, 6.45) is 1.02. The van der Waals surface area contributed by atoms with Crippen LogP contribution in [0.25, 0.3) is 0 Å². The normalized spacial score (nSPS) is 14.9. The van der Waals surface area contributed by atoms with Gasteiger partial charge in [0.25, 0.3) is 0 Å². The summed E-state index contributed by atoms with van der Waals surface area (Å²) in [6, 6.07) is 3.86. The minimum absolute atomic E-state index is 0.0244. The number of carbonyl (C=O) groups excluding carboxylic acids is 3. The standard InChI is InChI=1S/C25H39N5O7/c1-3-15(2)21(27)24(35)29-18(14-20(31)32)23(34)28-17(11-7-8-12-26)22(33)30-19(25(36)37)13-16-9-5-4-6-10-16/h4-6,9-10,15,17-19,21H,3,7-8,11-14,26-27H2,1-2H3,(H,28,34)(H,29,35)(H,30,33)(H,31,32)(H,36,37). The number of hydrogen-bond acceptors (Lipinski definition) is 7. The molecule has 3 amide bonds. The fourth-order valence-corrected chi connectivity index (χ4v) is 3.52. The van der Waals surface area contributed by atoms with Crippen LogP contribution >= 0.6 is 0 Å². The van der Waals surface area contributed by atoms with Crippen LogP contribution in [0.5, 0.6) is 0 Å². The zero-order valence-corrected chi connectivity index (χ0v) is 21.3. The highest BCUT2D eigenvalue weighted by atomic mass is 16.4. The van der Waals surface area contributed by atoms with Crippen LogP contribution in [0, 0.1) is 5.92 Å². The number of amides is 3. The SMILES string of the molecule is CCC(C)C(N)C(=O)NC(CC(=O)O)C(=O)NC(CCCCN)C(=O)NC(Cc1ccccc1)C(=O)O. The molecule has 37 heavy (non-hydrogen) atoms. The van der Waals surface area contributed by atoms with Crippen LogP contribution in [-0.4, -0.2) is 70.6 Å². The molecule has 0 heterocycles. The van der Waals surface area contributed by atoms with Gasteiger partial charge in [0.15, 0.2) is 0 Å². The summed E-state index contributed by atoms with van der Waals surface area (Å²) in [5.41, 5.74) is 12.1. The number of nitrogens with two attached hydrogens (primary N) is 2. The molecule has 5 unspecified atom stereocenters. The molecule has 0 saturated carbocycles. The smallest absolute Gasteiger partial charge is 0.326 e. The average Bonchev–Trinajstić information content (AvgIpc) is 2.86. The molecular weight excluding hydrogens is 482 g/mol. The van der Waals surface area contributed by atoms with Crippen molar-refractivity contribution in [2.45, 2.75) is 76.5 Å². The van der Waals surface area contributed by atoms with E-state index in [1.165, 1.54) is 0 Å². The van der Waals surface area contributed by atoms with Gasteiger partial charge in [-0.3, -0.25) is 19.2 Å². The van der Waals surface area contributed by atoms with E-state index >= 15 is 0 Å². The highest BCUT2D eigenvalue weighted by Gasteiger charge is 2.32. The monoisotopic (exact) mass is 521 g/mol. The topological polar surface area (TPSA) is 214 Å². The molecular formula is C25H39N5O7. The van der Waals surface area contributed by atoms with E-state index in [0.717, 1.165) is 0 Å². The Balaban J connectivity index is 3.03. The molecule has 0 spiro atoms. The molecule has 0 aliphatic heterocycles. The highest BCUT2D eigenvalue weighted by molar-refractivity contribution is 5.95. The van der Waals surface area contributed by atoms with E-state index < -0.39 is 60.2 Å². The number of carboxylic acids is 2. The van der Waals surface area contributed by atoms with Crippen molar-refractivity contribution in [2.24, 2.45) is 17.4 Å². The molecule has 1 aromatic carbocycles. The second kappa shape index (κ2) is 16.3. The Labute approximate surface area is 216 Å². The first-order valence-corrected chi connectivity index (χ1v) is 12.3. The van der Waals surface area contributed by atoms with Crippen LogP contribution in [-0.2, 0) is 30.4 Å². The van der Waals surface area contributed by atoms with Crippen molar-refractivity contribution < 1.29 is 34.2 Å². The van der Waals surface area contributed by atoms with Gasteiger partial charge in [-0.2, -0.15) is 0 Å². The number of rotatable bonds is 17. The van der Waals surface area contributed by atoms with Gasteiger partial charge in [0.1, 0.15) is 18.1 Å². The van der Waals surface area contributed by atoms with Crippen molar-refractivity contribution in [1.82, 2.24) is 16.0 Å². The lowest BCUT2D eigenvalue weighted by atomic mass is 9.99. The fourth-order valence-electron chi connectivity index (χ4n) is 3.52. The van der Waals surface area contributed by atoms with Gasteiger partial charge < -0.3 is 37.6 Å². The molecule has 0 radical (unpaired) electrons. The molecule has 1 aromatic rings. The quantitative estimate of drug-likeness (QED) is 0.134. The lowest BCUT2D eigenvalue weighted by molar-refractivity contribution is -0.143. The van der Waals surface area contributed by atoms with Gasteiger partial charge in [0.2, 0.25) is 17.7 Å². The van der Waals surface area contributed by atoms with Crippen LogP contribution < -0.4 is 27.4 Å². The van der Waals surface area contributed by atoms with Crippen LogP contribution in [0.3, 0.4) is 0 Å². The summed E-state index contributed by atoms with van der Waals surface area (Å²) in [6.45, 7) is 3.94. The Morgan fingerprint density at radius 2 is 1.43 bits per heavy atom. The molecule has 1 rings (SSSR count). The third-order valence-electron chi connectivity index (χ3n) is 6.05. The van der Waals surface area contributed by atoms with Crippen molar-refractivity contribution in [3.63, 3.8) is 0 Å². The summed E-state index contributed by atoms with van der Waals surface area (Å²) < 4.78 is 0. The Morgan fingerprint density at radius 3 is 1.97 bits per heavy atom. The average molecular weight is 522 g/mol. The van der Waals surface area contributed by atoms with Crippen molar-refractivity contribution in [2.75, 3.05) is 6.54 Å². The molecule has 0 aliphatic rings. The maximum atomic E-state index is 13.0. The minimum atomic E-state index is -1.48. The first-order chi connectivity index (χ1) is 17.5. The predicted molar refractivity (Wildman–Crippen MR) is 136 cm³/mol. The second-order valence-electron chi connectivity index (χ2n) is 9.01. The van der Waals surface area contributed by atoms with E-state index in [9.17, 15) is 34.2 Å². The second-order valence-corrected chi connectivity index (χ2v) is 9.01. The van der Waals surface area contributed by atoms with Crippen molar-refractivity contribution >= 4 is 29.7 Å². The number of aliphatic carboxylic acids is 2. The van der Waals surface area contributed by atoms with Gasteiger partial charge in [-0.25, -0.2) is 4.79 Å². The van der Waals surface area contributed by atoms with Crippen molar-refractivity contribution in [3.8, 4) is 0 Å². The number of unbranched alkanes of at least 4 members (excludes halogenated alkanes) is 1. The minimum Gasteiger partial charge on any atom is -0.481 e. The number of benzene rings is 1. The first kappa shape index (κ1) is 31.5. The van der Waals surface area contributed by atoms with Gasteiger partial charge in [0.05, 0.1) is 12.5 Å². The summed E-state index contributed by atoms with van der Waals surface area (Å²) in [4.78, 5) is 61.7. The number of nitrogens with one attached hydrogen (secondary N) is 3. The summed E-state index contributed by atoms with van der Waals surface area (Å²) in [5.74, 6) is -5.12. The fraction of sp³-hybridized carbons (Fsp3) is 0.560. The molecule has 9 N–H and O–H groups in total. The molecule has 0 aliphatic carbocycles.